The molecule has 0 unspecified atom stereocenters. The van der Waals surface area contributed by atoms with E-state index in [0.29, 0.717) is 0 Å². The third kappa shape index (κ3) is 2.81. The molecule has 4 aromatic rings. The Morgan fingerprint density at radius 3 is 2.08 bits per heavy atom. The molecule has 0 spiro atoms. The lowest BCUT2D eigenvalue weighted by Crippen LogP contribution is -2.11. The first kappa shape index (κ1) is 15.2. The van der Waals surface area contributed by atoms with Gasteiger partial charge >= 0.3 is 0 Å². The number of hydrogen-bond donors (Lipinski definition) is 0. The highest BCUT2D eigenvalue weighted by molar-refractivity contribution is 5.99. The summed E-state index contributed by atoms with van der Waals surface area (Å²) < 4.78 is 0. The van der Waals surface area contributed by atoms with Gasteiger partial charge in [-0.3, -0.25) is 0 Å². The van der Waals surface area contributed by atoms with E-state index < -0.39 is 0 Å². The Bertz CT molecular complexity index is 1010. The lowest BCUT2D eigenvalue weighted by molar-refractivity contribution is 1.29. The van der Waals surface area contributed by atoms with Gasteiger partial charge in [-0.2, -0.15) is 0 Å². The summed E-state index contributed by atoms with van der Waals surface area (Å²) in [6, 6.07) is 33.8. The minimum Gasteiger partial charge on any atom is -0.309 e. The van der Waals surface area contributed by atoms with Crippen molar-refractivity contribution < 1.29 is 0 Å². The summed E-state index contributed by atoms with van der Waals surface area (Å²) in [5.41, 5.74) is 4.53. The first-order valence-electron chi connectivity index (χ1n) is 8.43. The summed E-state index contributed by atoms with van der Waals surface area (Å²) in [7, 11) is 0. The predicted octanol–water partition coefficient (Wildman–Crippen LogP) is 6.95. The summed E-state index contributed by atoms with van der Waals surface area (Å²) in [4.78, 5) is 2.30. The first-order valence-corrected chi connectivity index (χ1v) is 8.43. The van der Waals surface area contributed by atoms with Crippen molar-refractivity contribution in [3.63, 3.8) is 0 Å². The van der Waals surface area contributed by atoms with Gasteiger partial charge in [0.1, 0.15) is 0 Å². The van der Waals surface area contributed by atoms with Gasteiger partial charge in [0, 0.05) is 11.1 Å². The second-order valence-corrected chi connectivity index (χ2v) is 5.93. The molecule has 4 aromatic carbocycles. The summed E-state index contributed by atoms with van der Waals surface area (Å²) in [5, 5.41) is 2.46. The first-order chi connectivity index (χ1) is 12.4. The lowest BCUT2D eigenvalue weighted by Gasteiger charge is -2.28. The molecule has 1 nitrogen and oxygen atoms in total. The van der Waals surface area contributed by atoms with Crippen molar-refractivity contribution in [2.45, 2.75) is 0 Å². The average molecular weight is 321 g/mol. The van der Waals surface area contributed by atoms with Crippen LogP contribution in [0.25, 0.3) is 16.8 Å². The van der Waals surface area contributed by atoms with Crippen molar-refractivity contribution in [1.29, 1.82) is 0 Å². The minimum atomic E-state index is 1.11. The van der Waals surface area contributed by atoms with E-state index in [1.54, 1.807) is 0 Å². The van der Waals surface area contributed by atoms with Crippen LogP contribution in [0.2, 0.25) is 0 Å². The molecule has 0 amide bonds. The molecule has 120 valence electrons. The molecule has 0 N–H and O–H groups in total. The summed E-state index contributed by atoms with van der Waals surface area (Å²) in [6.45, 7) is 4.00. The number of hydrogen-bond acceptors (Lipinski definition) is 1. The van der Waals surface area contributed by atoms with Crippen LogP contribution in [0, 0.1) is 0 Å². The number of nitrogens with zero attached hydrogens (tertiary/aromatic N) is 1. The van der Waals surface area contributed by atoms with Crippen LogP contribution in [0.15, 0.2) is 104 Å². The zero-order valence-corrected chi connectivity index (χ0v) is 14.0. The van der Waals surface area contributed by atoms with Crippen LogP contribution >= 0.6 is 0 Å². The van der Waals surface area contributed by atoms with Gasteiger partial charge in [0.25, 0.3) is 0 Å². The minimum absolute atomic E-state index is 1.11. The van der Waals surface area contributed by atoms with Gasteiger partial charge in [-0.1, -0.05) is 85.5 Å². The smallest absolute Gasteiger partial charge is 0.0540 e. The highest BCUT2D eigenvalue weighted by Crippen LogP contribution is 2.40. The quantitative estimate of drug-likeness (QED) is 0.393. The molecular weight excluding hydrogens is 302 g/mol. The van der Waals surface area contributed by atoms with Crippen molar-refractivity contribution in [3.8, 4) is 0 Å². The molecule has 0 radical (unpaired) electrons. The SMILES string of the molecule is C=Cc1ccccc1N(c1ccccc1)c1cccc2ccccc12. The van der Waals surface area contributed by atoms with Gasteiger partial charge < -0.3 is 4.90 Å². The number of benzene rings is 4. The van der Waals surface area contributed by atoms with E-state index >= 15 is 0 Å². The topological polar surface area (TPSA) is 3.24 Å². The molecule has 0 atom stereocenters. The number of rotatable bonds is 4. The monoisotopic (exact) mass is 321 g/mol. The fraction of sp³-hybridized carbons (Fsp3) is 0. The molecule has 4 rings (SSSR count). The Morgan fingerprint density at radius 1 is 0.600 bits per heavy atom. The molecule has 0 saturated carbocycles. The molecule has 0 fully saturated rings. The predicted molar refractivity (Wildman–Crippen MR) is 109 cm³/mol. The molecule has 0 aliphatic rings. The molecule has 0 heterocycles. The van der Waals surface area contributed by atoms with Crippen LogP contribution in [0.3, 0.4) is 0 Å². The number of anilines is 3. The van der Waals surface area contributed by atoms with Crippen molar-refractivity contribution in [1.82, 2.24) is 0 Å². The molecule has 0 saturated heterocycles. The standard InChI is InChI=1S/C24H19N/c1-2-19-11-7-9-17-23(19)25(21-14-4-3-5-15-21)24-18-10-13-20-12-6-8-16-22(20)24/h2-18H,1H2. The molecule has 1 heteroatoms. The second-order valence-electron chi connectivity index (χ2n) is 5.93. The fourth-order valence-electron chi connectivity index (χ4n) is 3.25. The fourth-order valence-corrected chi connectivity index (χ4v) is 3.25. The molecule has 0 bridgehead atoms. The summed E-state index contributed by atoms with van der Waals surface area (Å²) in [5.74, 6) is 0. The van der Waals surface area contributed by atoms with Crippen molar-refractivity contribution in [3.05, 3.63) is 109 Å². The van der Waals surface area contributed by atoms with E-state index in [0.717, 1.165) is 16.9 Å². The molecular formula is C24H19N. The Kier molecular flexibility index (Phi) is 4.05. The second kappa shape index (κ2) is 6.66. The Hall–Kier alpha value is -3.32. The zero-order chi connectivity index (χ0) is 17.1. The Morgan fingerprint density at radius 2 is 1.24 bits per heavy atom. The van der Waals surface area contributed by atoms with Crippen LogP contribution in [0.5, 0.6) is 0 Å². The maximum atomic E-state index is 4.00. The van der Waals surface area contributed by atoms with E-state index in [4.69, 9.17) is 0 Å². The highest BCUT2D eigenvalue weighted by Gasteiger charge is 2.16. The third-order valence-electron chi connectivity index (χ3n) is 4.42. The van der Waals surface area contributed by atoms with Crippen LogP contribution in [-0.2, 0) is 0 Å². The maximum absolute atomic E-state index is 4.00. The number of para-hydroxylation sites is 2. The van der Waals surface area contributed by atoms with Gasteiger partial charge in [-0.05, 0) is 35.2 Å². The van der Waals surface area contributed by atoms with Crippen LogP contribution in [0.4, 0.5) is 17.1 Å². The Labute approximate surface area is 148 Å². The highest BCUT2D eigenvalue weighted by atomic mass is 15.1. The lowest BCUT2D eigenvalue weighted by atomic mass is 10.0. The van der Waals surface area contributed by atoms with E-state index in [2.05, 4.69) is 96.4 Å². The van der Waals surface area contributed by atoms with Gasteiger partial charge in [-0.25, -0.2) is 0 Å². The molecule has 0 aliphatic carbocycles. The molecule has 0 aliphatic heterocycles. The van der Waals surface area contributed by atoms with Crippen molar-refractivity contribution >= 4 is 33.9 Å². The van der Waals surface area contributed by atoms with Gasteiger partial charge in [-0.15, -0.1) is 0 Å². The van der Waals surface area contributed by atoms with Crippen molar-refractivity contribution in [2.24, 2.45) is 0 Å². The van der Waals surface area contributed by atoms with E-state index in [9.17, 15) is 0 Å². The average Bonchev–Trinajstić information content (AvgIpc) is 2.70. The zero-order valence-electron chi connectivity index (χ0n) is 14.0. The molecule has 25 heavy (non-hydrogen) atoms. The molecule has 0 aromatic heterocycles. The van der Waals surface area contributed by atoms with E-state index in [-0.39, 0.29) is 0 Å². The van der Waals surface area contributed by atoms with Gasteiger partial charge in [0.2, 0.25) is 0 Å². The van der Waals surface area contributed by atoms with E-state index in [1.807, 2.05) is 18.2 Å². The largest absolute Gasteiger partial charge is 0.309 e. The van der Waals surface area contributed by atoms with Crippen LogP contribution in [-0.4, -0.2) is 0 Å². The number of fused-ring (bicyclic) bond motifs is 1. The van der Waals surface area contributed by atoms with Crippen LogP contribution in [0.1, 0.15) is 5.56 Å². The summed E-state index contributed by atoms with van der Waals surface area (Å²) >= 11 is 0. The van der Waals surface area contributed by atoms with Gasteiger partial charge in [0.05, 0.1) is 11.4 Å². The third-order valence-corrected chi connectivity index (χ3v) is 4.42. The maximum Gasteiger partial charge on any atom is 0.0540 e. The van der Waals surface area contributed by atoms with Crippen molar-refractivity contribution in [2.75, 3.05) is 4.90 Å². The normalized spacial score (nSPS) is 10.6. The Balaban J connectivity index is 2.03. The van der Waals surface area contributed by atoms with Gasteiger partial charge in [0.15, 0.2) is 0 Å². The summed E-state index contributed by atoms with van der Waals surface area (Å²) in [6.07, 6.45) is 1.91. The van der Waals surface area contributed by atoms with Crippen LogP contribution < -0.4 is 4.90 Å². The van der Waals surface area contributed by atoms with E-state index in [1.165, 1.54) is 16.5 Å².